The predicted octanol–water partition coefficient (Wildman–Crippen LogP) is 2.90. The van der Waals surface area contributed by atoms with E-state index in [9.17, 15) is 9.59 Å². The molecule has 0 N–H and O–H groups in total. The normalized spacial score (nSPS) is 11.1. The number of ether oxygens (including phenoxy) is 1. The molecule has 0 fully saturated rings. The van der Waals surface area contributed by atoms with Gasteiger partial charge in [0, 0.05) is 11.8 Å². The lowest BCUT2D eigenvalue weighted by Crippen LogP contribution is -2.19. The monoisotopic (exact) mass is 352 g/mol. The summed E-state index contributed by atoms with van der Waals surface area (Å²) in [5, 5.41) is 4.12. The molecule has 0 bridgehead atoms. The predicted molar refractivity (Wildman–Crippen MR) is 95.4 cm³/mol. The number of aromatic nitrogens is 4. The van der Waals surface area contributed by atoms with Crippen molar-refractivity contribution in [1.29, 1.82) is 0 Å². The second kappa shape index (κ2) is 7.03. The largest absolute Gasteiger partial charge is 0.454 e. The maximum Gasteiger partial charge on any atom is 0.342 e. The van der Waals surface area contributed by atoms with Crippen LogP contribution in [-0.4, -0.2) is 37.9 Å². The Morgan fingerprint density at radius 3 is 2.65 bits per heavy atom. The van der Waals surface area contributed by atoms with Crippen LogP contribution in [0.3, 0.4) is 0 Å². The van der Waals surface area contributed by atoms with E-state index < -0.39 is 5.97 Å². The smallest absolute Gasteiger partial charge is 0.342 e. The molecule has 0 aliphatic carbocycles. The van der Waals surface area contributed by atoms with Gasteiger partial charge in [0.15, 0.2) is 6.61 Å². The molecule has 1 aromatic carbocycles. The summed E-state index contributed by atoms with van der Waals surface area (Å²) >= 11 is 0. The van der Waals surface area contributed by atoms with Crippen molar-refractivity contribution in [3.05, 3.63) is 58.7 Å². The summed E-state index contributed by atoms with van der Waals surface area (Å²) in [4.78, 5) is 33.1. The average molecular weight is 352 g/mol. The molecule has 134 valence electrons. The van der Waals surface area contributed by atoms with Crippen LogP contribution in [0.2, 0.25) is 0 Å². The van der Waals surface area contributed by atoms with Gasteiger partial charge in [-0.2, -0.15) is 10.1 Å². The van der Waals surface area contributed by atoms with Gasteiger partial charge in [-0.1, -0.05) is 31.5 Å². The number of benzene rings is 1. The molecule has 0 aliphatic heterocycles. The van der Waals surface area contributed by atoms with E-state index in [-0.39, 0.29) is 23.9 Å². The molecule has 0 spiro atoms. The quantitative estimate of drug-likeness (QED) is 0.518. The number of hydrogen-bond donors (Lipinski definition) is 0. The summed E-state index contributed by atoms with van der Waals surface area (Å²) in [6, 6.07) is 5.62. The van der Waals surface area contributed by atoms with Crippen molar-refractivity contribution in [3.8, 4) is 0 Å². The number of nitrogens with zero attached hydrogens (tertiary/aromatic N) is 4. The molecular formula is C19H20N4O3. The topological polar surface area (TPSA) is 86.5 Å². The molecule has 0 saturated carbocycles. The molecule has 2 heterocycles. The van der Waals surface area contributed by atoms with Crippen molar-refractivity contribution in [2.75, 3.05) is 6.61 Å². The first-order valence-electron chi connectivity index (χ1n) is 8.34. The van der Waals surface area contributed by atoms with Gasteiger partial charge in [0.2, 0.25) is 5.78 Å². The van der Waals surface area contributed by atoms with Crippen LogP contribution >= 0.6 is 0 Å². The molecule has 0 saturated heterocycles. The highest BCUT2D eigenvalue weighted by Crippen LogP contribution is 2.20. The number of ketones is 1. The molecule has 3 aromatic rings. The van der Waals surface area contributed by atoms with Crippen LogP contribution in [0.15, 0.2) is 30.7 Å². The number of esters is 1. The van der Waals surface area contributed by atoms with Crippen LogP contribution in [0, 0.1) is 13.8 Å². The fourth-order valence-corrected chi connectivity index (χ4v) is 2.83. The number of Topliss-reactive ketones (excluding diaryl/α,β-unsaturated/α-hetero) is 1. The van der Waals surface area contributed by atoms with Gasteiger partial charge in [-0.3, -0.25) is 4.79 Å². The highest BCUT2D eigenvalue weighted by atomic mass is 16.5. The van der Waals surface area contributed by atoms with Crippen LogP contribution in [0.1, 0.15) is 57.3 Å². The first-order valence-corrected chi connectivity index (χ1v) is 8.34. The molecule has 7 nitrogen and oxygen atoms in total. The van der Waals surface area contributed by atoms with Crippen molar-refractivity contribution in [2.24, 2.45) is 0 Å². The fraction of sp³-hybridized carbons (Fsp3) is 0.316. The average Bonchev–Trinajstić information content (AvgIpc) is 3.08. The standard InChI is InChI=1S/C19H20N4O3/c1-11(2)17-15(8-20-19-21-10-22-23(17)19)18(25)26-9-16(24)14-7-12(3)5-6-13(14)4/h5-8,10-11H,9H2,1-4H3. The highest BCUT2D eigenvalue weighted by molar-refractivity contribution is 6.00. The van der Waals surface area contributed by atoms with Crippen LogP contribution in [0.4, 0.5) is 0 Å². The summed E-state index contributed by atoms with van der Waals surface area (Å²) in [6.45, 7) is 7.32. The van der Waals surface area contributed by atoms with Gasteiger partial charge in [0.1, 0.15) is 6.33 Å². The third-order valence-electron chi connectivity index (χ3n) is 4.14. The fourth-order valence-electron chi connectivity index (χ4n) is 2.83. The zero-order valence-corrected chi connectivity index (χ0v) is 15.2. The minimum Gasteiger partial charge on any atom is -0.454 e. The Morgan fingerprint density at radius 1 is 1.15 bits per heavy atom. The van der Waals surface area contributed by atoms with Crippen molar-refractivity contribution in [3.63, 3.8) is 0 Å². The molecule has 0 unspecified atom stereocenters. The van der Waals surface area contributed by atoms with E-state index in [0.717, 1.165) is 11.1 Å². The third kappa shape index (κ3) is 3.33. The Hall–Kier alpha value is -3.09. The van der Waals surface area contributed by atoms with E-state index in [1.54, 1.807) is 6.07 Å². The molecule has 0 amide bonds. The summed E-state index contributed by atoms with van der Waals surface area (Å²) in [5.74, 6) is -0.422. The number of rotatable bonds is 5. The van der Waals surface area contributed by atoms with Crippen LogP contribution in [-0.2, 0) is 4.74 Å². The minimum absolute atomic E-state index is 0.000492. The maximum absolute atomic E-state index is 12.5. The lowest BCUT2D eigenvalue weighted by atomic mass is 10.0. The third-order valence-corrected chi connectivity index (χ3v) is 4.14. The summed E-state index contributed by atoms with van der Waals surface area (Å²) < 4.78 is 6.79. The minimum atomic E-state index is -0.600. The molecule has 0 atom stereocenters. The van der Waals surface area contributed by atoms with Gasteiger partial charge in [-0.25, -0.2) is 14.3 Å². The van der Waals surface area contributed by atoms with Crippen molar-refractivity contribution in [1.82, 2.24) is 19.6 Å². The number of carbonyl (C=O) groups is 2. The summed E-state index contributed by atoms with van der Waals surface area (Å²) in [6.07, 6.45) is 2.80. The molecular weight excluding hydrogens is 332 g/mol. The Kier molecular flexibility index (Phi) is 4.79. The van der Waals surface area contributed by atoms with Crippen LogP contribution in [0.5, 0.6) is 0 Å². The highest BCUT2D eigenvalue weighted by Gasteiger charge is 2.21. The molecule has 26 heavy (non-hydrogen) atoms. The molecule has 0 aliphatic rings. The van der Waals surface area contributed by atoms with E-state index in [1.807, 2.05) is 39.8 Å². The SMILES string of the molecule is Cc1ccc(C)c(C(=O)COC(=O)c2cnc3ncnn3c2C(C)C)c1. The number of fused-ring (bicyclic) bond motifs is 1. The summed E-state index contributed by atoms with van der Waals surface area (Å²) in [7, 11) is 0. The number of carbonyl (C=O) groups excluding carboxylic acids is 2. The zero-order chi connectivity index (χ0) is 18.8. The second-order valence-corrected chi connectivity index (χ2v) is 6.50. The molecule has 3 rings (SSSR count). The van der Waals surface area contributed by atoms with Gasteiger partial charge in [-0.15, -0.1) is 0 Å². The van der Waals surface area contributed by atoms with Crippen LogP contribution in [0.25, 0.3) is 5.78 Å². The van der Waals surface area contributed by atoms with Gasteiger partial charge in [0.25, 0.3) is 5.78 Å². The number of hydrogen-bond acceptors (Lipinski definition) is 6. The zero-order valence-electron chi connectivity index (χ0n) is 15.2. The molecule has 2 aromatic heterocycles. The van der Waals surface area contributed by atoms with Crippen molar-refractivity contribution >= 4 is 17.5 Å². The van der Waals surface area contributed by atoms with Crippen LogP contribution < -0.4 is 0 Å². The van der Waals surface area contributed by atoms with Crippen molar-refractivity contribution < 1.29 is 14.3 Å². The first-order chi connectivity index (χ1) is 12.4. The first kappa shape index (κ1) is 17.7. The van der Waals surface area contributed by atoms with E-state index in [2.05, 4.69) is 15.1 Å². The Bertz CT molecular complexity index is 992. The number of aryl methyl sites for hydroxylation is 2. The van der Waals surface area contributed by atoms with Gasteiger partial charge < -0.3 is 4.74 Å². The lowest BCUT2D eigenvalue weighted by Gasteiger charge is -2.13. The Morgan fingerprint density at radius 2 is 1.92 bits per heavy atom. The van der Waals surface area contributed by atoms with E-state index >= 15 is 0 Å². The molecule has 7 heteroatoms. The second-order valence-electron chi connectivity index (χ2n) is 6.50. The Balaban J connectivity index is 1.82. The van der Waals surface area contributed by atoms with E-state index in [0.29, 0.717) is 17.0 Å². The molecule has 0 radical (unpaired) electrons. The lowest BCUT2D eigenvalue weighted by molar-refractivity contribution is 0.0471. The van der Waals surface area contributed by atoms with Gasteiger partial charge in [0.05, 0.1) is 11.3 Å². The summed E-state index contributed by atoms with van der Waals surface area (Å²) in [5.41, 5.74) is 3.33. The van der Waals surface area contributed by atoms with Crippen molar-refractivity contribution in [2.45, 2.75) is 33.6 Å². The van der Waals surface area contributed by atoms with E-state index in [4.69, 9.17) is 4.74 Å². The Labute approximate surface area is 151 Å². The van der Waals surface area contributed by atoms with E-state index in [1.165, 1.54) is 17.0 Å². The van der Waals surface area contributed by atoms with Gasteiger partial charge in [-0.05, 0) is 31.4 Å². The van der Waals surface area contributed by atoms with Gasteiger partial charge >= 0.3 is 5.97 Å². The maximum atomic E-state index is 12.5.